The zero-order valence-electron chi connectivity index (χ0n) is 37.6. The molecule has 0 bridgehead atoms. The zero-order chi connectivity index (χ0) is 41.2. The quantitative estimate of drug-likeness (QED) is 0.0652. The van der Waals surface area contributed by atoms with Gasteiger partial charge in [-0.05, 0) is 198 Å². The highest BCUT2D eigenvalue weighted by Gasteiger charge is 2.22. The van der Waals surface area contributed by atoms with Crippen LogP contribution in [0.4, 0.5) is 0 Å². The fourth-order valence-corrected chi connectivity index (χ4v) is 6.59. The van der Waals surface area contributed by atoms with Crippen LogP contribution >= 0.6 is 0 Å². The first-order valence-corrected chi connectivity index (χ1v) is 21.4. The number of Topliss-reactive ketones (excluding diaryl/α,β-unsaturated/α-hetero) is 1. The Kier molecular flexibility index (Phi) is 25.9. The number of carbonyl (C=O) groups is 2. The van der Waals surface area contributed by atoms with E-state index in [-0.39, 0.29) is 11.6 Å². The van der Waals surface area contributed by atoms with Crippen LogP contribution in [0.15, 0.2) is 128 Å². The summed E-state index contributed by atoms with van der Waals surface area (Å²) in [6, 6.07) is 0. The lowest BCUT2D eigenvalue weighted by atomic mass is 9.89. The maximum atomic E-state index is 12.5. The first-order chi connectivity index (χ1) is 26.1. The van der Waals surface area contributed by atoms with Crippen molar-refractivity contribution in [2.75, 3.05) is 0 Å². The molecule has 0 fully saturated rings. The van der Waals surface area contributed by atoms with E-state index in [1.165, 1.54) is 75.5 Å². The second-order valence-electron chi connectivity index (χ2n) is 16.8. The van der Waals surface area contributed by atoms with E-state index < -0.39 is 0 Å². The van der Waals surface area contributed by atoms with Gasteiger partial charge in [0.05, 0.1) is 0 Å². The van der Waals surface area contributed by atoms with Gasteiger partial charge < -0.3 is 0 Å². The molecule has 1 rings (SSSR count). The van der Waals surface area contributed by atoms with Gasteiger partial charge in [-0.15, -0.1) is 0 Å². The van der Waals surface area contributed by atoms with Crippen LogP contribution in [0.2, 0.25) is 0 Å². The molecule has 0 aromatic rings. The number of carbonyl (C=O) groups excluding carboxylic acids is 2. The third-order valence-electron chi connectivity index (χ3n) is 10.9. The Morgan fingerprint density at radius 2 is 0.636 bits per heavy atom. The van der Waals surface area contributed by atoms with Crippen LogP contribution in [0.1, 0.15) is 192 Å². The minimum atomic E-state index is -0.0352. The molecule has 1 aliphatic carbocycles. The molecule has 0 aliphatic heterocycles. The lowest BCUT2D eigenvalue weighted by Crippen LogP contribution is -2.16. The van der Waals surface area contributed by atoms with E-state index in [2.05, 4.69) is 124 Å². The maximum Gasteiger partial charge on any atom is 0.185 e. The molecule has 55 heavy (non-hydrogen) atoms. The summed E-state index contributed by atoms with van der Waals surface area (Å²) in [5, 5.41) is 0. The molecule has 304 valence electrons. The van der Waals surface area contributed by atoms with E-state index in [0.29, 0.717) is 23.1 Å². The fraction of sp³-hybridized carbons (Fsp3) is 0.547. The molecule has 0 heterocycles. The van der Waals surface area contributed by atoms with Gasteiger partial charge in [-0.1, -0.05) is 105 Å². The molecular weight excluding hydrogens is 669 g/mol. The summed E-state index contributed by atoms with van der Waals surface area (Å²) in [6.45, 7) is 25.9. The zero-order valence-corrected chi connectivity index (χ0v) is 37.6. The van der Waals surface area contributed by atoms with Crippen molar-refractivity contribution in [2.24, 2.45) is 0 Å². The predicted molar refractivity (Wildman–Crippen MR) is 244 cm³/mol. The largest absolute Gasteiger partial charge is 0.290 e. The first-order valence-electron chi connectivity index (χ1n) is 21.4. The lowest BCUT2D eigenvalue weighted by Gasteiger charge is -2.13. The van der Waals surface area contributed by atoms with E-state index in [9.17, 15) is 9.59 Å². The van der Waals surface area contributed by atoms with Crippen LogP contribution in [-0.2, 0) is 9.59 Å². The van der Waals surface area contributed by atoms with E-state index in [0.717, 1.165) is 83.5 Å². The molecule has 2 nitrogen and oxygen atoms in total. The highest BCUT2D eigenvalue weighted by atomic mass is 16.1. The Labute approximate surface area is 339 Å². The number of hydrogen-bond donors (Lipinski definition) is 0. The molecule has 0 spiro atoms. The van der Waals surface area contributed by atoms with Crippen molar-refractivity contribution in [3.63, 3.8) is 0 Å². The molecule has 1 aliphatic rings. The maximum absolute atomic E-state index is 12.5. The van der Waals surface area contributed by atoms with E-state index in [4.69, 9.17) is 0 Å². The normalized spacial score (nSPS) is 16.0. The van der Waals surface area contributed by atoms with Crippen LogP contribution in [0, 0.1) is 0 Å². The Hall–Kier alpha value is -3.52. The minimum absolute atomic E-state index is 0.00932. The van der Waals surface area contributed by atoms with Crippen molar-refractivity contribution in [1.82, 2.24) is 0 Å². The highest BCUT2D eigenvalue weighted by Crippen LogP contribution is 2.23. The Bertz CT molecular complexity index is 1590. The van der Waals surface area contributed by atoms with Gasteiger partial charge in [0.15, 0.2) is 11.6 Å². The van der Waals surface area contributed by atoms with Crippen molar-refractivity contribution in [3.05, 3.63) is 128 Å². The van der Waals surface area contributed by atoms with Gasteiger partial charge in [0.1, 0.15) is 0 Å². The van der Waals surface area contributed by atoms with Crippen molar-refractivity contribution in [1.29, 1.82) is 0 Å². The van der Waals surface area contributed by atoms with E-state index >= 15 is 0 Å². The summed E-state index contributed by atoms with van der Waals surface area (Å²) in [4.78, 5) is 24.6. The smallest absolute Gasteiger partial charge is 0.185 e. The van der Waals surface area contributed by atoms with Gasteiger partial charge in [0.2, 0.25) is 0 Å². The Morgan fingerprint density at radius 1 is 0.382 bits per heavy atom. The van der Waals surface area contributed by atoms with Crippen LogP contribution in [0.5, 0.6) is 0 Å². The van der Waals surface area contributed by atoms with Gasteiger partial charge in [-0.25, -0.2) is 0 Å². The minimum Gasteiger partial charge on any atom is -0.290 e. The van der Waals surface area contributed by atoms with E-state index in [1.807, 2.05) is 0 Å². The van der Waals surface area contributed by atoms with E-state index in [1.54, 1.807) is 13.8 Å². The first kappa shape index (κ1) is 49.5. The molecule has 0 atom stereocenters. The summed E-state index contributed by atoms with van der Waals surface area (Å²) >= 11 is 0. The van der Waals surface area contributed by atoms with Gasteiger partial charge >= 0.3 is 0 Å². The van der Waals surface area contributed by atoms with Crippen molar-refractivity contribution >= 4 is 11.6 Å². The summed E-state index contributed by atoms with van der Waals surface area (Å²) in [6.07, 6.45) is 41.5. The Balaban J connectivity index is 2.27. The van der Waals surface area contributed by atoms with Gasteiger partial charge in [-0.3, -0.25) is 9.59 Å². The molecule has 0 saturated heterocycles. The topological polar surface area (TPSA) is 34.1 Å². The second-order valence-corrected chi connectivity index (χ2v) is 16.8. The molecule has 0 N–H and O–H groups in total. The predicted octanol–water partition coefficient (Wildman–Crippen LogP) is 16.6. The molecule has 2 heteroatoms. The number of ketones is 2. The summed E-state index contributed by atoms with van der Waals surface area (Å²) < 4.78 is 0. The molecule has 0 amide bonds. The summed E-state index contributed by atoms with van der Waals surface area (Å²) in [7, 11) is 0. The van der Waals surface area contributed by atoms with Crippen LogP contribution < -0.4 is 0 Å². The van der Waals surface area contributed by atoms with Crippen LogP contribution in [0.25, 0.3) is 0 Å². The third-order valence-corrected chi connectivity index (χ3v) is 10.9. The van der Waals surface area contributed by atoms with Crippen molar-refractivity contribution in [2.45, 2.75) is 192 Å². The molecule has 0 aromatic carbocycles. The highest BCUT2D eigenvalue weighted by molar-refractivity contribution is 6.22. The Morgan fingerprint density at radius 3 is 0.909 bits per heavy atom. The molecule has 0 aromatic heterocycles. The fourth-order valence-electron chi connectivity index (χ4n) is 6.59. The number of allylic oxidation sites excluding steroid dienone is 22. The summed E-state index contributed by atoms with van der Waals surface area (Å²) in [5.74, 6) is -0.0259. The molecule has 0 unspecified atom stereocenters. The number of rotatable bonds is 26. The molecule has 0 radical (unpaired) electrons. The molecular formula is C53H80O2. The third kappa shape index (κ3) is 24.6. The summed E-state index contributed by atoms with van der Waals surface area (Å²) in [5.41, 5.74) is 14.9. The van der Waals surface area contributed by atoms with Gasteiger partial charge in [0.25, 0.3) is 0 Å². The second kappa shape index (κ2) is 28.8. The average molecular weight is 749 g/mol. The monoisotopic (exact) mass is 749 g/mol. The van der Waals surface area contributed by atoms with Crippen LogP contribution in [-0.4, -0.2) is 11.6 Å². The molecule has 0 saturated carbocycles. The number of hydrogen-bond acceptors (Lipinski definition) is 2. The van der Waals surface area contributed by atoms with Crippen molar-refractivity contribution < 1.29 is 9.59 Å². The van der Waals surface area contributed by atoms with Crippen LogP contribution in [0.3, 0.4) is 0 Å². The lowest BCUT2D eigenvalue weighted by molar-refractivity contribution is -0.115. The van der Waals surface area contributed by atoms with Gasteiger partial charge in [-0.2, -0.15) is 0 Å². The van der Waals surface area contributed by atoms with Crippen molar-refractivity contribution in [3.8, 4) is 0 Å². The van der Waals surface area contributed by atoms with Gasteiger partial charge in [0, 0.05) is 16.7 Å². The average Bonchev–Trinajstić information content (AvgIpc) is 3.11. The SMILES string of the molecule is CC(C)=CCC/C(C)=C\CC/C(C)=C\CC/C(C)=C\CC/C(C)=C/CC/C(C)=C\CC/C(C)=C\CC/C(C)=C/CC/C(C)=C\CC1=CC(=O)C(C)=C(C)C1=O. The standard InChI is InChI=1S/C53H80O2/c1-40(2)21-13-22-41(3)23-14-24-42(4)25-15-26-43(5)27-16-28-44(6)29-17-30-45(7)31-18-32-46(8)33-19-34-47(9)35-20-36-48(10)37-38-51-39-52(54)49(11)50(12)53(51)55/h21,23,25,27,29,31,33,35,37,39H,13-20,22,24,26,28,30,32,34,36,38H2,1-12H3/b41-23-,42-25-,43-27-,44-29+,45-31-,46-33-,47-35+,48-37-.